The minimum atomic E-state index is 0.260. The molecule has 0 radical (unpaired) electrons. The van der Waals surface area contributed by atoms with Gasteiger partial charge in [-0.25, -0.2) is 9.97 Å². The van der Waals surface area contributed by atoms with E-state index in [1.165, 1.54) is 7.11 Å². The van der Waals surface area contributed by atoms with E-state index < -0.39 is 0 Å². The lowest BCUT2D eigenvalue weighted by Crippen LogP contribution is -2.29. The van der Waals surface area contributed by atoms with Gasteiger partial charge in [0.2, 0.25) is 5.88 Å². The quantitative estimate of drug-likeness (QED) is 0.825. The Balaban J connectivity index is 1.90. The van der Waals surface area contributed by atoms with Crippen LogP contribution in [0.4, 0.5) is 5.82 Å². The van der Waals surface area contributed by atoms with Gasteiger partial charge in [-0.3, -0.25) is 4.98 Å². The zero-order chi connectivity index (χ0) is 16.9. The van der Waals surface area contributed by atoms with E-state index in [2.05, 4.69) is 31.8 Å². The molecule has 3 rings (SSSR count). The Kier molecular flexibility index (Phi) is 5.05. The summed E-state index contributed by atoms with van der Waals surface area (Å²) in [6.07, 6.45) is 6.25. The molecule has 8 heteroatoms. The Labute approximate surface area is 141 Å². The molecule has 0 atom stereocenters. The van der Waals surface area contributed by atoms with E-state index in [0.29, 0.717) is 17.1 Å². The maximum absolute atomic E-state index is 5.34. The molecule has 0 aliphatic carbocycles. The van der Waals surface area contributed by atoms with Crippen molar-refractivity contribution in [2.45, 2.75) is 6.42 Å². The summed E-state index contributed by atoms with van der Waals surface area (Å²) in [5, 5.41) is 0. The summed E-state index contributed by atoms with van der Waals surface area (Å²) >= 11 is 0. The SMILES string of the molecule is COc1ncc(-c2cncc(N3CCCN(C)CC3)n2)c(OC)n1. The number of anilines is 1. The fraction of sp³-hybridized carbons (Fsp3) is 0.500. The molecule has 128 valence electrons. The lowest BCUT2D eigenvalue weighted by atomic mass is 10.2. The third kappa shape index (κ3) is 3.53. The van der Waals surface area contributed by atoms with Crippen LogP contribution in [0.15, 0.2) is 18.6 Å². The average molecular weight is 330 g/mol. The number of hydrogen-bond donors (Lipinski definition) is 0. The number of aromatic nitrogens is 4. The van der Waals surface area contributed by atoms with Crippen LogP contribution in [0.25, 0.3) is 11.3 Å². The first kappa shape index (κ1) is 16.4. The van der Waals surface area contributed by atoms with Crippen molar-refractivity contribution >= 4 is 5.82 Å². The zero-order valence-corrected chi connectivity index (χ0v) is 14.3. The van der Waals surface area contributed by atoms with Gasteiger partial charge in [0.1, 0.15) is 5.82 Å². The van der Waals surface area contributed by atoms with Crippen LogP contribution >= 0.6 is 0 Å². The van der Waals surface area contributed by atoms with Crippen LogP contribution in [0.5, 0.6) is 11.9 Å². The highest BCUT2D eigenvalue weighted by Gasteiger charge is 2.17. The first-order chi connectivity index (χ1) is 11.7. The molecule has 0 bridgehead atoms. The minimum absolute atomic E-state index is 0.260. The van der Waals surface area contributed by atoms with Crippen LogP contribution in [0.1, 0.15) is 6.42 Å². The van der Waals surface area contributed by atoms with E-state index in [1.807, 2.05) is 0 Å². The summed E-state index contributed by atoms with van der Waals surface area (Å²) < 4.78 is 10.4. The molecule has 1 fully saturated rings. The second-order valence-electron chi connectivity index (χ2n) is 5.69. The van der Waals surface area contributed by atoms with Crippen LogP contribution in [0, 0.1) is 0 Å². The van der Waals surface area contributed by atoms with E-state index in [9.17, 15) is 0 Å². The maximum atomic E-state index is 5.34. The predicted molar refractivity (Wildman–Crippen MR) is 90.5 cm³/mol. The van der Waals surface area contributed by atoms with Crippen molar-refractivity contribution in [1.29, 1.82) is 0 Å². The molecular formula is C16H22N6O2. The summed E-state index contributed by atoms with van der Waals surface area (Å²) in [4.78, 5) is 22.0. The molecule has 8 nitrogen and oxygen atoms in total. The Bertz CT molecular complexity index is 696. The van der Waals surface area contributed by atoms with E-state index in [1.54, 1.807) is 25.7 Å². The number of rotatable bonds is 4. The molecule has 1 aliphatic heterocycles. The van der Waals surface area contributed by atoms with E-state index in [4.69, 9.17) is 14.5 Å². The van der Waals surface area contributed by atoms with Gasteiger partial charge in [-0.15, -0.1) is 0 Å². The molecule has 3 heterocycles. The van der Waals surface area contributed by atoms with Crippen molar-refractivity contribution in [3.05, 3.63) is 18.6 Å². The van der Waals surface area contributed by atoms with Crippen LogP contribution in [0.3, 0.4) is 0 Å². The second-order valence-corrected chi connectivity index (χ2v) is 5.69. The van der Waals surface area contributed by atoms with Gasteiger partial charge >= 0.3 is 6.01 Å². The largest absolute Gasteiger partial charge is 0.480 e. The van der Waals surface area contributed by atoms with Crippen molar-refractivity contribution in [3.63, 3.8) is 0 Å². The van der Waals surface area contributed by atoms with Gasteiger partial charge in [0, 0.05) is 25.8 Å². The molecule has 24 heavy (non-hydrogen) atoms. The van der Waals surface area contributed by atoms with Crippen molar-refractivity contribution < 1.29 is 9.47 Å². The van der Waals surface area contributed by atoms with Crippen molar-refractivity contribution in [2.75, 3.05) is 52.3 Å². The van der Waals surface area contributed by atoms with Crippen molar-refractivity contribution in [3.8, 4) is 23.1 Å². The highest BCUT2D eigenvalue weighted by Crippen LogP contribution is 2.28. The molecule has 0 amide bonds. The van der Waals surface area contributed by atoms with Crippen molar-refractivity contribution in [2.24, 2.45) is 0 Å². The number of nitrogens with zero attached hydrogens (tertiary/aromatic N) is 6. The normalized spacial score (nSPS) is 15.9. The van der Waals surface area contributed by atoms with E-state index in [-0.39, 0.29) is 6.01 Å². The molecule has 1 saturated heterocycles. The first-order valence-corrected chi connectivity index (χ1v) is 7.92. The van der Waals surface area contributed by atoms with Gasteiger partial charge < -0.3 is 19.3 Å². The molecule has 2 aromatic rings. The highest BCUT2D eigenvalue weighted by atomic mass is 16.5. The first-order valence-electron chi connectivity index (χ1n) is 7.92. The Morgan fingerprint density at radius 1 is 0.958 bits per heavy atom. The molecular weight excluding hydrogens is 308 g/mol. The highest BCUT2D eigenvalue weighted by molar-refractivity contribution is 5.64. The van der Waals surface area contributed by atoms with Gasteiger partial charge in [-0.05, 0) is 20.0 Å². The number of methoxy groups -OCH3 is 2. The zero-order valence-electron chi connectivity index (χ0n) is 14.3. The van der Waals surface area contributed by atoms with Gasteiger partial charge in [-0.2, -0.15) is 4.98 Å². The molecule has 2 aromatic heterocycles. The molecule has 0 unspecified atom stereocenters. The molecule has 0 aromatic carbocycles. The maximum Gasteiger partial charge on any atom is 0.319 e. The fourth-order valence-electron chi connectivity index (χ4n) is 2.69. The van der Waals surface area contributed by atoms with Gasteiger partial charge in [0.15, 0.2) is 0 Å². The lowest BCUT2D eigenvalue weighted by molar-refractivity contribution is 0.353. The second kappa shape index (κ2) is 7.39. The Morgan fingerprint density at radius 3 is 2.62 bits per heavy atom. The fourth-order valence-corrected chi connectivity index (χ4v) is 2.69. The third-order valence-corrected chi connectivity index (χ3v) is 4.05. The lowest BCUT2D eigenvalue weighted by Gasteiger charge is -2.21. The van der Waals surface area contributed by atoms with Crippen LogP contribution in [-0.4, -0.2) is 72.3 Å². The summed E-state index contributed by atoms with van der Waals surface area (Å²) in [7, 11) is 5.23. The van der Waals surface area contributed by atoms with E-state index >= 15 is 0 Å². The van der Waals surface area contributed by atoms with Gasteiger partial charge in [-0.1, -0.05) is 0 Å². The third-order valence-electron chi connectivity index (χ3n) is 4.05. The smallest absolute Gasteiger partial charge is 0.319 e. The van der Waals surface area contributed by atoms with Crippen molar-refractivity contribution in [1.82, 2.24) is 24.8 Å². The minimum Gasteiger partial charge on any atom is -0.480 e. The van der Waals surface area contributed by atoms with Gasteiger partial charge in [0.05, 0.1) is 37.9 Å². The number of ether oxygens (including phenoxy) is 2. The Morgan fingerprint density at radius 2 is 1.83 bits per heavy atom. The molecule has 1 aliphatic rings. The average Bonchev–Trinajstić information content (AvgIpc) is 2.85. The summed E-state index contributed by atoms with van der Waals surface area (Å²) in [5.41, 5.74) is 1.38. The van der Waals surface area contributed by atoms with Crippen LogP contribution in [-0.2, 0) is 0 Å². The summed E-state index contributed by atoms with van der Waals surface area (Å²) in [6, 6.07) is 0.260. The van der Waals surface area contributed by atoms with Crippen LogP contribution < -0.4 is 14.4 Å². The monoisotopic (exact) mass is 330 g/mol. The summed E-state index contributed by atoms with van der Waals surface area (Å²) in [6.45, 7) is 4.02. The van der Waals surface area contributed by atoms with E-state index in [0.717, 1.165) is 38.4 Å². The topological polar surface area (TPSA) is 76.5 Å². The molecule has 0 spiro atoms. The predicted octanol–water partition coefficient (Wildman–Crippen LogP) is 1.09. The van der Waals surface area contributed by atoms with Crippen LogP contribution in [0.2, 0.25) is 0 Å². The Hall–Kier alpha value is -2.48. The number of hydrogen-bond acceptors (Lipinski definition) is 8. The van der Waals surface area contributed by atoms with Gasteiger partial charge in [0.25, 0.3) is 0 Å². The number of likely N-dealkylation sites (N-methyl/N-ethyl adjacent to an activating group) is 1. The summed E-state index contributed by atoms with van der Waals surface area (Å²) in [5.74, 6) is 1.28. The molecule has 0 N–H and O–H groups in total. The molecule has 0 saturated carbocycles. The standard InChI is InChI=1S/C16H22N6O2/c1-21-5-4-6-22(8-7-21)14-11-17-10-13(19-14)12-9-18-16(24-3)20-15(12)23-2/h9-11H,4-8H2,1-3H3.